The summed E-state index contributed by atoms with van der Waals surface area (Å²) in [7, 11) is 1.98. The lowest BCUT2D eigenvalue weighted by Gasteiger charge is -2.17. The topological polar surface area (TPSA) is 74.7 Å². The van der Waals surface area contributed by atoms with E-state index in [-0.39, 0.29) is 5.84 Å². The first-order chi connectivity index (χ1) is 8.70. The second-order valence-electron chi connectivity index (χ2n) is 3.83. The Morgan fingerprint density at radius 3 is 2.89 bits per heavy atom. The summed E-state index contributed by atoms with van der Waals surface area (Å²) in [4.78, 5) is 7.61. The smallest absolute Gasteiger partial charge is 0.171 e. The number of anilines is 1. The van der Waals surface area contributed by atoms with Gasteiger partial charge in [0.25, 0.3) is 0 Å². The van der Waals surface area contributed by atoms with Crippen molar-refractivity contribution in [3.8, 4) is 0 Å². The van der Waals surface area contributed by atoms with Gasteiger partial charge >= 0.3 is 0 Å². The van der Waals surface area contributed by atoms with Crippen LogP contribution in [0.1, 0.15) is 10.4 Å². The molecule has 0 saturated heterocycles. The zero-order valence-electron chi connectivity index (χ0n) is 9.95. The molecule has 0 fully saturated rings. The molecule has 0 aliphatic heterocycles. The van der Waals surface area contributed by atoms with Gasteiger partial charge in [-0.1, -0.05) is 11.2 Å². The van der Waals surface area contributed by atoms with Gasteiger partial charge in [-0.25, -0.2) is 4.98 Å². The summed E-state index contributed by atoms with van der Waals surface area (Å²) in [6.45, 7) is 0.813. The Kier molecular flexibility index (Phi) is 3.78. The minimum Gasteiger partial charge on any atom is -0.409 e. The Bertz CT molecular complexity index is 522. The summed E-state index contributed by atoms with van der Waals surface area (Å²) >= 11 is 1.72. The van der Waals surface area contributed by atoms with Crippen molar-refractivity contribution >= 4 is 23.0 Å². The van der Waals surface area contributed by atoms with Crippen LogP contribution in [0.2, 0.25) is 0 Å². The number of rotatable bonds is 4. The molecule has 2 aromatic heterocycles. The predicted octanol–water partition coefficient (Wildman–Crippen LogP) is 1.87. The zero-order chi connectivity index (χ0) is 13.0. The number of pyridine rings is 1. The van der Waals surface area contributed by atoms with E-state index in [0.717, 1.165) is 12.4 Å². The maximum atomic E-state index is 8.56. The van der Waals surface area contributed by atoms with Gasteiger partial charge in [0, 0.05) is 23.7 Å². The third-order valence-corrected chi connectivity index (χ3v) is 3.38. The van der Waals surface area contributed by atoms with E-state index in [4.69, 9.17) is 10.9 Å². The summed E-state index contributed by atoms with van der Waals surface area (Å²) in [5.41, 5.74) is 6.08. The lowest BCUT2D eigenvalue weighted by molar-refractivity contribution is 0.318. The van der Waals surface area contributed by atoms with Gasteiger partial charge in [0.05, 0.1) is 6.54 Å². The van der Waals surface area contributed by atoms with Crippen LogP contribution in [0.5, 0.6) is 0 Å². The van der Waals surface area contributed by atoms with E-state index in [1.54, 1.807) is 23.6 Å². The highest BCUT2D eigenvalue weighted by Gasteiger charge is 2.05. The highest BCUT2D eigenvalue weighted by molar-refractivity contribution is 7.09. The van der Waals surface area contributed by atoms with Crippen molar-refractivity contribution in [2.75, 3.05) is 11.9 Å². The maximum absolute atomic E-state index is 8.56. The molecule has 0 bridgehead atoms. The molecular weight excluding hydrogens is 248 g/mol. The fourth-order valence-corrected chi connectivity index (χ4v) is 2.30. The number of thiophene rings is 1. The number of aromatic nitrogens is 1. The monoisotopic (exact) mass is 262 g/mol. The molecule has 5 nitrogen and oxygen atoms in total. The zero-order valence-corrected chi connectivity index (χ0v) is 10.8. The Labute approximate surface area is 109 Å². The van der Waals surface area contributed by atoms with E-state index < -0.39 is 0 Å². The summed E-state index contributed by atoms with van der Waals surface area (Å²) in [6, 6.07) is 7.75. The van der Waals surface area contributed by atoms with Crippen molar-refractivity contribution in [2.24, 2.45) is 10.9 Å². The number of oxime groups is 1. The Morgan fingerprint density at radius 1 is 1.50 bits per heavy atom. The van der Waals surface area contributed by atoms with Crippen molar-refractivity contribution in [1.29, 1.82) is 0 Å². The first kappa shape index (κ1) is 12.4. The van der Waals surface area contributed by atoms with Crippen molar-refractivity contribution < 1.29 is 5.21 Å². The van der Waals surface area contributed by atoms with E-state index in [0.29, 0.717) is 5.56 Å². The van der Waals surface area contributed by atoms with Crippen LogP contribution in [-0.4, -0.2) is 23.1 Å². The number of nitrogens with zero attached hydrogens (tertiary/aromatic N) is 3. The molecule has 0 spiro atoms. The molecule has 0 aliphatic carbocycles. The molecule has 0 atom stereocenters. The first-order valence-electron chi connectivity index (χ1n) is 5.38. The number of hydrogen-bond donors (Lipinski definition) is 2. The third-order valence-electron chi connectivity index (χ3n) is 2.52. The first-order valence-corrected chi connectivity index (χ1v) is 6.26. The average molecular weight is 262 g/mol. The summed E-state index contributed by atoms with van der Waals surface area (Å²) in [5, 5.41) is 13.6. The van der Waals surface area contributed by atoms with Gasteiger partial charge in [-0.3, -0.25) is 0 Å². The van der Waals surface area contributed by atoms with E-state index in [1.165, 1.54) is 4.88 Å². The molecule has 2 aromatic rings. The maximum Gasteiger partial charge on any atom is 0.171 e. The molecule has 0 saturated carbocycles. The van der Waals surface area contributed by atoms with Crippen LogP contribution in [0.3, 0.4) is 0 Å². The molecule has 6 heteroatoms. The average Bonchev–Trinajstić information content (AvgIpc) is 2.91. The van der Waals surface area contributed by atoms with Crippen LogP contribution in [-0.2, 0) is 6.54 Å². The van der Waals surface area contributed by atoms with Gasteiger partial charge in [-0.05, 0) is 23.6 Å². The molecule has 0 amide bonds. The van der Waals surface area contributed by atoms with E-state index >= 15 is 0 Å². The van der Waals surface area contributed by atoms with E-state index in [2.05, 4.69) is 21.6 Å². The van der Waals surface area contributed by atoms with Gasteiger partial charge in [-0.15, -0.1) is 11.3 Å². The van der Waals surface area contributed by atoms with Crippen molar-refractivity contribution in [3.05, 3.63) is 46.3 Å². The van der Waals surface area contributed by atoms with E-state index in [1.807, 2.05) is 24.1 Å². The highest BCUT2D eigenvalue weighted by atomic mass is 32.1. The van der Waals surface area contributed by atoms with Crippen LogP contribution in [0.25, 0.3) is 0 Å². The molecule has 0 unspecified atom stereocenters. The second kappa shape index (κ2) is 5.50. The fraction of sp³-hybridized carbons (Fsp3) is 0.167. The molecule has 3 N–H and O–H groups in total. The number of nitrogens with two attached hydrogens (primary N) is 1. The molecule has 18 heavy (non-hydrogen) atoms. The standard InChI is InChI=1S/C12H14N4OS/c1-16(8-10-3-2-6-18-10)11-5-4-9(7-14-11)12(13)15-17/h2-7,17H,8H2,1H3,(H2,13,15). The molecule has 2 rings (SSSR count). The van der Waals surface area contributed by atoms with E-state index in [9.17, 15) is 0 Å². The molecule has 0 radical (unpaired) electrons. The lowest BCUT2D eigenvalue weighted by atomic mass is 10.2. The van der Waals surface area contributed by atoms with Gasteiger partial charge in [-0.2, -0.15) is 0 Å². The van der Waals surface area contributed by atoms with Crippen LogP contribution >= 0.6 is 11.3 Å². The fourth-order valence-electron chi connectivity index (χ4n) is 1.54. The molecule has 94 valence electrons. The van der Waals surface area contributed by atoms with Gasteiger partial charge in [0.2, 0.25) is 0 Å². The van der Waals surface area contributed by atoms with Crippen LogP contribution in [0, 0.1) is 0 Å². The normalized spacial score (nSPS) is 11.5. The Balaban J connectivity index is 2.09. The van der Waals surface area contributed by atoms with Crippen LogP contribution in [0.15, 0.2) is 41.0 Å². The van der Waals surface area contributed by atoms with Gasteiger partial charge in [0.15, 0.2) is 5.84 Å². The summed E-state index contributed by atoms with van der Waals surface area (Å²) in [6.07, 6.45) is 1.59. The molecule has 2 heterocycles. The SMILES string of the molecule is CN(Cc1cccs1)c1ccc(/C(N)=N/O)cn1. The molecule has 0 aromatic carbocycles. The summed E-state index contributed by atoms with van der Waals surface area (Å²) in [5.74, 6) is 0.910. The minimum atomic E-state index is 0.0648. The lowest BCUT2D eigenvalue weighted by Crippen LogP contribution is -2.18. The summed E-state index contributed by atoms with van der Waals surface area (Å²) < 4.78 is 0. The van der Waals surface area contributed by atoms with Crippen LogP contribution in [0.4, 0.5) is 5.82 Å². The second-order valence-corrected chi connectivity index (χ2v) is 4.86. The molecule has 0 aliphatic rings. The Morgan fingerprint density at radius 2 is 2.33 bits per heavy atom. The van der Waals surface area contributed by atoms with Crippen molar-refractivity contribution in [2.45, 2.75) is 6.54 Å². The van der Waals surface area contributed by atoms with Crippen molar-refractivity contribution in [3.63, 3.8) is 0 Å². The molecular formula is C12H14N4OS. The van der Waals surface area contributed by atoms with Crippen LogP contribution < -0.4 is 10.6 Å². The number of hydrogen-bond acceptors (Lipinski definition) is 5. The number of amidine groups is 1. The minimum absolute atomic E-state index is 0.0648. The predicted molar refractivity (Wildman–Crippen MR) is 73.2 cm³/mol. The quantitative estimate of drug-likeness (QED) is 0.382. The van der Waals surface area contributed by atoms with Gasteiger partial charge in [0.1, 0.15) is 5.82 Å². The highest BCUT2D eigenvalue weighted by Crippen LogP contribution is 2.16. The largest absolute Gasteiger partial charge is 0.409 e. The van der Waals surface area contributed by atoms with Crippen molar-refractivity contribution in [1.82, 2.24) is 4.98 Å². The third kappa shape index (κ3) is 2.78. The van der Waals surface area contributed by atoms with Gasteiger partial charge < -0.3 is 15.8 Å². The Hall–Kier alpha value is -2.08.